The van der Waals surface area contributed by atoms with Crippen LogP contribution in [0, 0.1) is 0 Å². The Bertz CT molecular complexity index is 834. The van der Waals surface area contributed by atoms with Crippen LogP contribution in [0.2, 0.25) is 0 Å². The standard InChI is InChI=1S/C21H22N2O4/c24-20(22-18-11-13-26-19-5-2-1-4-17(18)19)14-27-16-9-7-15(8-10-16)23-12-3-6-21(23)25/h1-2,4-5,7-10,18H,3,6,11-14H2,(H,22,24). The molecule has 2 heterocycles. The molecule has 1 N–H and O–H groups in total. The van der Waals surface area contributed by atoms with E-state index >= 15 is 0 Å². The number of nitrogens with zero attached hydrogens (tertiary/aromatic N) is 1. The average Bonchev–Trinajstić information content (AvgIpc) is 3.13. The van der Waals surface area contributed by atoms with Crippen LogP contribution >= 0.6 is 0 Å². The third-order valence-corrected chi connectivity index (χ3v) is 4.89. The van der Waals surface area contributed by atoms with Crippen LogP contribution in [0.15, 0.2) is 48.5 Å². The lowest BCUT2D eigenvalue weighted by Crippen LogP contribution is -2.35. The van der Waals surface area contributed by atoms with Crippen LogP contribution in [0.5, 0.6) is 11.5 Å². The Morgan fingerprint density at radius 1 is 1.19 bits per heavy atom. The molecule has 6 heteroatoms. The minimum Gasteiger partial charge on any atom is -0.493 e. The summed E-state index contributed by atoms with van der Waals surface area (Å²) in [7, 11) is 0. The second kappa shape index (κ2) is 7.70. The molecule has 0 radical (unpaired) electrons. The Labute approximate surface area is 158 Å². The molecule has 0 aromatic heterocycles. The first-order valence-corrected chi connectivity index (χ1v) is 9.25. The number of fused-ring (bicyclic) bond motifs is 1. The number of amides is 2. The summed E-state index contributed by atoms with van der Waals surface area (Å²) in [5, 5.41) is 3.01. The van der Waals surface area contributed by atoms with Crippen molar-refractivity contribution >= 4 is 17.5 Å². The fourth-order valence-corrected chi connectivity index (χ4v) is 3.52. The normalized spacial score (nSPS) is 18.6. The maximum Gasteiger partial charge on any atom is 0.258 e. The summed E-state index contributed by atoms with van der Waals surface area (Å²) in [5.74, 6) is 1.41. The van der Waals surface area contributed by atoms with Crippen molar-refractivity contribution in [2.45, 2.75) is 25.3 Å². The monoisotopic (exact) mass is 366 g/mol. The summed E-state index contributed by atoms with van der Waals surface area (Å²) in [4.78, 5) is 25.8. The zero-order valence-corrected chi connectivity index (χ0v) is 15.0. The second-order valence-electron chi connectivity index (χ2n) is 6.73. The maximum absolute atomic E-state index is 12.3. The van der Waals surface area contributed by atoms with Crippen LogP contribution in [0.1, 0.15) is 30.9 Å². The van der Waals surface area contributed by atoms with E-state index in [9.17, 15) is 9.59 Å². The van der Waals surface area contributed by atoms with Gasteiger partial charge in [0.1, 0.15) is 11.5 Å². The highest BCUT2D eigenvalue weighted by Gasteiger charge is 2.23. The van der Waals surface area contributed by atoms with Crippen molar-refractivity contribution in [2.24, 2.45) is 0 Å². The molecule has 2 amide bonds. The van der Waals surface area contributed by atoms with Crippen molar-refractivity contribution in [3.05, 3.63) is 54.1 Å². The molecular weight excluding hydrogens is 344 g/mol. The molecule has 27 heavy (non-hydrogen) atoms. The number of carbonyl (C=O) groups excluding carboxylic acids is 2. The molecular formula is C21H22N2O4. The third kappa shape index (κ3) is 3.89. The molecule has 4 rings (SSSR count). The van der Waals surface area contributed by atoms with E-state index in [1.807, 2.05) is 36.4 Å². The Hall–Kier alpha value is -3.02. The van der Waals surface area contributed by atoms with Gasteiger partial charge in [-0.3, -0.25) is 9.59 Å². The van der Waals surface area contributed by atoms with Gasteiger partial charge in [-0.1, -0.05) is 18.2 Å². The van der Waals surface area contributed by atoms with Crippen molar-refractivity contribution in [1.82, 2.24) is 5.32 Å². The SMILES string of the molecule is O=C(COc1ccc(N2CCCC2=O)cc1)NC1CCOc2ccccc21. The highest BCUT2D eigenvalue weighted by atomic mass is 16.5. The van der Waals surface area contributed by atoms with E-state index in [1.54, 1.807) is 17.0 Å². The second-order valence-corrected chi connectivity index (χ2v) is 6.73. The molecule has 2 aliphatic rings. The summed E-state index contributed by atoms with van der Waals surface area (Å²) in [6.07, 6.45) is 2.24. The Morgan fingerprint density at radius 3 is 2.78 bits per heavy atom. The maximum atomic E-state index is 12.3. The molecule has 2 aliphatic heterocycles. The molecule has 1 unspecified atom stereocenters. The van der Waals surface area contributed by atoms with Crippen LogP contribution in [0.4, 0.5) is 5.69 Å². The number of rotatable bonds is 5. The average molecular weight is 366 g/mol. The zero-order valence-electron chi connectivity index (χ0n) is 15.0. The summed E-state index contributed by atoms with van der Waals surface area (Å²) in [6, 6.07) is 15.0. The van der Waals surface area contributed by atoms with Crippen LogP contribution in [0.25, 0.3) is 0 Å². The summed E-state index contributed by atoms with van der Waals surface area (Å²) >= 11 is 0. The summed E-state index contributed by atoms with van der Waals surface area (Å²) in [5.41, 5.74) is 1.87. The Kier molecular flexibility index (Phi) is 4.96. The first-order valence-electron chi connectivity index (χ1n) is 9.25. The van der Waals surface area contributed by atoms with Crippen molar-refractivity contribution in [1.29, 1.82) is 0 Å². The van der Waals surface area contributed by atoms with Crippen LogP contribution in [-0.4, -0.2) is 31.6 Å². The lowest BCUT2D eigenvalue weighted by atomic mass is 10.0. The number of anilines is 1. The van der Waals surface area contributed by atoms with Crippen molar-refractivity contribution in [3.8, 4) is 11.5 Å². The highest BCUT2D eigenvalue weighted by molar-refractivity contribution is 5.95. The number of para-hydroxylation sites is 1. The molecule has 1 atom stereocenters. The van der Waals surface area contributed by atoms with Crippen LogP contribution in [-0.2, 0) is 9.59 Å². The van der Waals surface area contributed by atoms with Gasteiger partial charge in [-0.25, -0.2) is 0 Å². The van der Waals surface area contributed by atoms with E-state index in [4.69, 9.17) is 9.47 Å². The van der Waals surface area contributed by atoms with E-state index in [2.05, 4.69) is 5.32 Å². The molecule has 0 bridgehead atoms. The first-order chi connectivity index (χ1) is 13.2. The molecule has 140 valence electrons. The number of hydrogen-bond acceptors (Lipinski definition) is 4. The van der Waals surface area contributed by atoms with Crippen molar-refractivity contribution < 1.29 is 19.1 Å². The van der Waals surface area contributed by atoms with Gasteiger partial charge in [0.25, 0.3) is 5.91 Å². The van der Waals surface area contributed by atoms with Gasteiger partial charge in [-0.2, -0.15) is 0 Å². The first kappa shape index (κ1) is 17.4. The Morgan fingerprint density at radius 2 is 2.00 bits per heavy atom. The lowest BCUT2D eigenvalue weighted by molar-refractivity contribution is -0.124. The fraction of sp³-hybridized carbons (Fsp3) is 0.333. The van der Waals surface area contributed by atoms with Crippen molar-refractivity contribution in [2.75, 3.05) is 24.7 Å². The quantitative estimate of drug-likeness (QED) is 0.884. The van der Waals surface area contributed by atoms with Crippen molar-refractivity contribution in [3.63, 3.8) is 0 Å². The molecule has 0 spiro atoms. The van der Waals surface area contributed by atoms with Gasteiger partial charge in [-0.15, -0.1) is 0 Å². The number of nitrogens with one attached hydrogen (secondary N) is 1. The smallest absolute Gasteiger partial charge is 0.258 e. The van der Waals surface area contributed by atoms with E-state index in [0.717, 1.165) is 36.4 Å². The van der Waals surface area contributed by atoms with Gasteiger partial charge < -0.3 is 19.7 Å². The van der Waals surface area contributed by atoms with Gasteiger partial charge in [0.05, 0.1) is 12.6 Å². The Balaban J connectivity index is 1.31. The molecule has 6 nitrogen and oxygen atoms in total. The third-order valence-electron chi connectivity index (χ3n) is 4.89. The number of benzene rings is 2. The summed E-state index contributed by atoms with van der Waals surface area (Å²) < 4.78 is 11.2. The molecule has 1 saturated heterocycles. The highest BCUT2D eigenvalue weighted by Crippen LogP contribution is 2.31. The predicted octanol–water partition coefficient (Wildman–Crippen LogP) is 2.83. The molecule has 0 saturated carbocycles. The predicted molar refractivity (Wildman–Crippen MR) is 101 cm³/mol. The largest absolute Gasteiger partial charge is 0.493 e. The minimum atomic E-state index is -0.171. The van der Waals surface area contributed by atoms with Gasteiger partial charge in [0.2, 0.25) is 5.91 Å². The van der Waals surface area contributed by atoms with Gasteiger partial charge in [-0.05, 0) is 36.8 Å². The fourth-order valence-electron chi connectivity index (χ4n) is 3.52. The van der Waals surface area contributed by atoms with Crippen LogP contribution < -0.4 is 19.7 Å². The van der Waals surface area contributed by atoms with E-state index in [1.165, 1.54) is 0 Å². The van der Waals surface area contributed by atoms with E-state index in [0.29, 0.717) is 18.8 Å². The molecule has 2 aromatic rings. The van der Waals surface area contributed by atoms with Gasteiger partial charge in [0.15, 0.2) is 6.61 Å². The lowest BCUT2D eigenvalue weighted by Gasteiger charge is -2.26. The molecule has 1 fully saturated rings. The van der Waals surface area contributed by atoms with Gasteiger partial charge >= 0.3 is 0 Å². The number of ether oxygens (including phenoxy) is 2. The number of carbonyl (C=O) groups is 2. The van der Waals surface area contributed by atoms with Gasteiger partial charge in [0, 0.05) is 30.6 Å². The van der Waals surface area contributed by atoms with E-state index < -0.39 is 0 Å². The number of hydrogen-bond donors (Lipinski definition) is 1. The van der Waals surface area contributed by atoms with E-state index in [-0.39, 0.29) is 24.5 Å². The zero-order chi connectivity index (χ0) is 18.6. The minimum absolute atomic E-state index is 0.0541. The molecule has 2 aromatic carbocycles. The molecule has 0 aliphatic carbocycles. The topological polar surface area (TPSA) is 67.9 Å². The van der Waals surface area contributed by atoms with Crippen LogP contribution in [0.3, 0.4) is 0 Å². The summed E-state index contributed by atoms with van der Waals surface area (Å²) in [6.45, 7) is 1.29.